The van der Waals surface area contributed by atoms with Crippen molar-refractivity contribution in [3.63, 3.8) is 0 Å². The van der Waals surface area contributed by atoms with E-state index in [9.17, 15) is 13.2 Å². The Labute approximate surface area is 116 Å². The van der Waals surface area contributed by atoms with Crippen LogP contribution in [0.4, 0.5) is 18.2 Å². The van der Waals surface area contributed by atoms with Gasteiger partial charge in [0, 0.05) is 4.88 Å². The molecule has 3 rings (SSSR count). The van der Waals surface area contributed by atoms with E-state index < -0.39 is 12.6 Å². The first-order chi connectivity index (χ1) is 9.44. The first-order valence-electron chi connectivity index (χ1n) is 6.24. The van der Waals surface area contributed by atoms with Crippen molar-refractivity contribution < 1.29 is 17.7 Å². The number of hydrogen-bond donors (Lipinski definition) is 1. The third-order valence-electron chi connectivity index (χ3n) is 3.24. The summed E-state index contributed by atoms with van der Waals surface area (Å²) in [5.74, 6) is -0.260. The minimum Gasteiger partial charge on any atom is -0.390 e. The van der Waals surface area contributed by atoms with Crippen molar-refractivity contribution in [2.45, 2.75) is 38.3 Å². The van der Waals surface area contributed by atoms with E-state index in [4.69, 9.17) is 10.3 Å². The van der Waals surface area contributed by atoms with Gasteiger partial charge in [-0.1, -0.05) is 5.16 Å². The second-order valence-electron chi connectivity index (χ2n) is 4.76. The predicted octanol–water partition coefficient (Wildman–Crippen LogP) is 3.36. The van der Waals surface area contributed by atoms with Gasteiger partial charge in [0.05, 0.1) is 10.6 Å². The van der Waals surface area contributed by atoms with Gasteiger partial charge in [-0.05, 0) is 31.2 Å². The molecule has 108 valence electrons. The highest BCUT2D eigenvalue weighted by atomic mass is 32.1. The Kier molecular flexibility index (Phi) is 3.19. The first-order valence-corrected chi connectivity index (χ1v) is 7.05. The Bertz CT molecular complexity index is 632. The minimum atomic E-state index is -4.35. The number of rotatable bonds is 2. The van der Waals surface area contributed by atoms with E-state index in [2.05, 4.69) is 10.1 Å². The highest BCUT2D eigenvalue weighted by Gasteiger charge is 2.31. The Morgan fingerprint density at radius 2 is 2.00 bits per heavy atom. The number of halogens is 3. The molecule has 0 unspecified atom stereocenters. The molecular weight excluding hydrogens is 291 g/mol. The van der Waals surface area contributed by atoms with E-state index in [-0.39, 0.29) is 11.7 Å². The molecule has 4 nitrogen and oxygen atoms in total. The topological polar surface area (TPSA) is 64.9 Å². The van der Waals surface area contributed by atoms with E-state index in [0.29, 0.717) is 10.6 Å². The summed E-state index contributed by atoms with van der Waals surface area (Å²) in [7, 11) is 0. The van der Waals surface area contributed by atoms with Gasteiger partial charge in [-0.3, -0.25) is 0 Å². The fraction of sp³-hybridized carbons (Fsp3) is 0.500. The summed E-state index contributed by atoms with van der Waals surface area (Å²) in [6.45, 7) is 0. The molecule has 0 saturated heterocycles. The van der Waals surface area contributed by atoms with Gasteiger partial charge in [0.25, 0.3) is 5.89 Å². The molecule has 8 heteroatoms. The molecule has 2 aromatic heterocycles. The number of thiophene rings is 1. The van der Waals surface area contributed by atoms with Crippen LogP contribution < -0.4 is 5.73 Å². The molecule has 0 bridgehead atoms. The first kappa shape index (κ1) is 13.4. The average molecular weight is 303 g/mol. The van der Waals surface area contributed by atoms with Crippen molar-refractivity contribution in [1.29, 1.82) is 0 Å². The lowest BCUT2D eigenvalue weighted by atomic mass is 9.95. The van der Waals surface area contributed by atoms with Crippen LogP contribution in [0.5, 0.6) is 0 Å². The van der Waals surface area contributed by atoms with E-state index in [1.54, 1.807) is 0 Å². The van der Waals surface area contributed by atoms with Crippen molar-refractivity contribution in [2.24, 2.45) is 0 Å². The molecule has 0 saturated carbocycles. The van der Waals surface area contributed by atoms with E-state index >= 15 is 0 Å². The van der Waals surface area contributed by atoms with Crippen LogP contribution in [0.15, 0.2) is 4.52 Å². The zero-order chi connectivity index (χ0) is 14.3. The number of nitrogens with two attached hydrogens (primary N) is 1. The van der Waals surface area contributed by atoms with Crippen LogP contribution in [-0.2, 0) is 19.3 Å². The molecule has 1 aliphatic carbocycles. The molecule has 0 radical (unpaired) electrons. The second-order valence-corrected chi connectivity index (χ2v) is 5.89. The Balaban J connectivity index is 1.96. The largest absolute Gasteiger partial charge is 0.396 e. The van der Waals surface area contributed by atoms with E-state index in [1.165, 1.54) is 16.2 Å². The maximum absolute atomic E-state index is 12.3. The average Bonchev–Trinajstić information content (AvgIpc) is 2.89. The van der Waals surface area contributed by atoms with Crippen LogP contribution in [0.25, 0.3) is 11.5 Å². The van der Waals surface area contributed by atoms with Crippen molar-refractivity contribution in [1.82, 2.24) is 10.1 Å². The number of nitrogens with zero attached hydrogens (tertiary/aromatic N) is 2. The van der Waals surface area contributed by atoms with Gasteiger partial charge in [-0.25, -0.2) is 0 Å². The predicted molar refractivity (Wildman–Crippen MR) is 68.4 cm³/mol. The SMILES string of the molecule is Nc1sc2c(c1-c1nc(CC(F)(F)F)no1)CCCC2. The van der Waals surface area contributed by atoms with Crippen molar-refractivity contribution in [3.8, 4) is 11.5 Å². The molecule has 2 heterocycles. The zero-order valence-corrected chi connectivity index (χ0v) is 11.3. The van der Waals surface area contributed by atoms with Crippen LogP contribution in [0, 0.1) is 0 Å². The highest BCUT2D eigenvalue weighted by Crippen LogP contribution is 2.41. The maximum atomic E-state index is 12.3. The second kappa shape index (κ2) is 4.76. The number of nitrogen functional groups attached to an aromatic ring is 1. The lowest BCUT2D eigenvalue weighted by molar-refractivity contribution is -0.128. The van der Waals surface area contributed by atoms with Crippen LogP contribution in [0.3, 0.4) is 0 Å². The summed E-state index contributed by atoms with van der Waals surface area (Å²) in [5.41, 5.74) is 7.64. The third-order valence-corrected chi connectivity index (χ3v) is 4.36. The van der Waals surface area contributed by atoms with Gasteiger partial charge >= 0.3 is 6.18 Å². The molecule has 0 fully saturated rings. The Hall–Kier alpha value is -1.57. The highest BCUT2D eigenvalue weighted by molar-refractivity contribution is 7.16. The lowest BCUT2D eigenvalue weighted by Gasteiger charge is -2.10. The summed E-state index contributed by atoms with van der Waals surface area (Å²) in [5, 5.41) is 3.93. The van der Waals surface area contributed by atoms with Crippen LogP contribution >= 0.6 is 11.3 Å². The van der Waals surface area contributed by atoms with Gasteiger partial charge in [0.2, 0.25) is 0 Å². The third kappa shape index (κ3) is 2.52. The van der Waals surface area contributed by atoms with Crippen molar-refractivity contribution >= 4 is 16.3 Å². The molecule has 0 spiro atoms. The van der Waals surface area contributed by atoms with Gasteiger partial charge in [-0.15, -0.1) is 11.3 Å². The van der Waals surface area contributed by atoms with Crippen molar-refractivity contribution in [2.75, 3.05) is 5.73 Å². The number of fused-ring (bicyclic) bond motifs is 1. The molecule has 20 heavy (non-hydrogen) atoms. The fourth-order valence-electron chi connectivity index (χ4n) is 2.43. The standard InChI is InChI=1S/C12H12F3N3OS/c13-12(14,15)5-8-17-11(19-18-8)9-6-3-1-2-4-7(6)20-10(9)16/h1-5,16H2. The molecule has 2 N–H and O–H groups in total. The molecular formula is C12H12F3N3OS. The summed E-state index contributed by atoms with van der Waals surface area (Å²) < 4.78 is 41.9. The van der Waals surface area contributed by atoms with Crippen LogP contribution in [-0.4, -0.2) is 16.3 Å². The van der Waals surface area contributed by atoms with Gasteiger partial charge in [-0.2, -0.15) is 18.2 Å². The van der Waals surface area contributed by atoms with Gasteiger partial charge < -0.3 is 10.3 Å². The van der Waals surface area contributed by atoms with Crippen molar-refractivity contribution in [3.05, 3.63) is 16.3 Å². The molecule has 0 amide bonds. The van der Waals surface area contributed by atoms with E-state index in [1.807, 2.05) is 0 Å². The zero-order valence-electron chi connectivity index (χ0n) is 10.5. The molecule has 0 aliphatic heterocycles. The smallest absolute Gasteiger partial charge is 0.390 e. The summed E-state index contributed by atoms with van der Waals surface area (Å²) in [6.07, 6.45) is -1.58. The van der Waals surface area contributed by atoms with Gasteiger partial charge in [0.15, 0.2) is 5.82 Å². The normalized spacial score (nSPS) is 15.3. The molecule has 2 aromatic rings. The van der Waals surface area contributed by atoms with Crippen LogP contribution in [0.2, 0.25) is 0 Å². The maximum Gasteiger partial charge on any atom is 0.396 e. The fourth-order valence-corrected chi connectivity index (χ4v) is 3.58. The minimum absolute atomic E-state index is 0.0983. The lowest BCUT2D eigenvalue weighted by Crippen LogP contribution is -2.12. The van der Waals surface area contributed by atoms with Gasteiger partial charge in [0.1, 0.15) is 6.42 Å². The number of aryl methyl sites for hydroxylation is 1. The Morgan fingerprint density at radius 3 is 2.75 bits per heavy atom. The monoisotopic (exact) mass is 303 g/mol. The molecule has 0 atom stereocenters. The summed E-state index contributed by atoms with van der Waals surface area (Å²) >= 11 is 1.46. The summed E-state index contributed by atoms with van der Waals surface area (Å²) in [6, 6.07) is 0. The molecule has 0 aromatic carbocycles. The Morgan fingerprint density at radius 1 is 1.25 bits per heavy atom. The number of aromatic nitrogens is 2. The quantitative estimate of drug-likeness (QED) is 0.924. The van der Waals surface area contributed by atoms with Crippen LogP contribution in [0.1, 0.15) is 29.1 Å². The molecule has 1 aliphatic rings. The summed E-state index contributed by atoms with van der Waals surface area (Å²) in [4.78, 5) is 5.02. The van der Waals surface area contributed by atoms with E-state index in [0.717, 1.165) is 31.2 Å². The number of alkyl halides is 3. The number of hydrogen-bond acceptors (Lipinski definition) is 5. The number of anilines is 1.